The molecule has 0 aliphatic carbocycles. The second-order valence-corrected chi connectivity index (χ2v) is 7.13. The van der Waals surface area contributed by atoms with E-state index >= 15 is 0 Å². The van der Waals surface area contributed by atoms with Crippen LogP contribution in [-0.4, -0.2) is 32.1 Å². The summed E-state index contributed by atoms with van der Waals surface area (Å²) in [6.45, 7) is 1.73. The summed E-state index contributed by atoms with van der Waals surface area (Å²) < 4.78 is 10.6. The minimum absolute atomic E-state index is 0.00300. The van der Waals surface area contributed by atoms with Crippen LogP contribution in [0.1, 0.15) is 27.2 Å². The molecule has 2 heterocycles. The molecule has 0 spiro atoms. The fourth-order valence-electron chi connectivity index (χ4n) is 3.16. The molecular weight excluding hydrogens is 382 g/mol. The normalized spacial score (nSPS) is 10.5. The number of carbonyl (C=O) groups excluding carboxylic acids is 1. The van der Waals surface area contributed by atoms with Crippen molar-refractivity contribution in [1.82, 2.24) is 4.98 Å². The summed E-state index contributed by atoms with van der Waals surface area (Å²) in [6.07, 6.45) is 2.90. The summed E-state index contributed by atoms with van der Waals surface area (Å²) in [5.41, 5.74) is 1.55. The van der Waals surface area contributed by atoms with E-state index in [4.69, 9.17) is 9.15 Å². The van der Waals surface area contributed by atoms with E-state index in [-0.39, 0.29) is 5.56 Å². The largest absolute Gasteiger partial charge is 0.497 e. The quantitative estimate of drug-likeness (QED) is 0.646. The van der Waals surface area contributed by atoms with Gasteiger partial charge >= 0.3 is 5.63 Å². The first-order chi connectivity index (χ1) is 14.4. The molecule has 1 N–H and O–H groups in total. The molecule has 0 aliphatic heterocycles. The molecule has 3 rings (SSSR count). The Balaban J connectivity index is 1.75. The fraction of sp³-hybridized carbons (Fsp3) is 0.261. The standard InChI is InChI=1S/C23H25N3O4/c1-15-14-18(12-9-16-7-10-17(29-4)11-8-16)30-23(28)20(15)22(27)25-19-6-5-13-24-21(19)26(2)3/h5-8,10-11,13-14H,9,12H2,1-4H3,(H,25,27). The Morgan fingerprint density at radius 3 is 2.53 bits per heavy atom. The van der Waals surface area contributed by atoms with Gasteiger partial charge in [0, 0.05) is 26.7 Å². The number of aromatic nitrogens is 1. The van der Waals surface area contributed by atoms with Crippen molar-refractivity contribution < 1.29 is 13.9 Å². The third-order valence-corrected chi connectivity index (χ3v) is 4.70. The second kappa shape index (κ2) is 9.26. The molecule has 7 heteroatoms. The topological polar surface area (TPSA) is 84.7 Å². The van der Waals surface area contributed by atoms with Gasteiger partial charge in [0.05, 0.1) is 12.8 Å². The summed E-state index contributed by atoms with van der Waals surface area (Å²) in [5.74, 6) is 1.42. The number of benzene rings is 1. The molecule has 0 aliphatic rings. The van der Waals surface area contributed by atoms with E-state index in [0.29, 0.717) is 35.7 Å². The van der Waals surface area contributed by atoms with E-state index in [9.17, 15) is 9.59 Å². The Morgan fingerprint density at radius 2 is 1.90 bits per heavy atom. The first kappa shape index (κ1) is 21.1. The Morgan fingerprint density at radius 1 is 1.17 bits per heavy atom. The number of nitrogens with one attached hydrogen (secondary N) is 1. The fourth-order valence-corrected chi connectivity index (χ4v) is 3.16. The minimum atomic E-state index is -0.646. The predicted octanol–water partition coefficient (Wildman–Crippen LogP) is 3.46. The van der Waals surface area contributed by atoms with Gasteiger partial charge in [-0.3, -0.25) is 4.79 Å². The maximum atomic E-state index is 12.8. The third-order valence-electron chi connectivity index (χ3n) is 4.70. The predicted molar refractivity (Wildman–Crippen MR) is 117 cm³/mol. The van der Waals surface area contributed by atoms with Crippen molar-refractivity contribution in [3.63, 3.8) is 0 Å². The number of methoxy groups -OCH3 is 1. The lowest BCUT2D eigenvalue weighted by Crippen LogP contribution is -2.24. The van der Waals surface area contributed by atoms with E-state index in [1.165, 1.54) is 0 Å². The number of hydrogen-bond acceptors (Lipinski definition) is 6. The molecule has 0 saturated heterocycles. The molecule has 0 fully saturated rings. The molecule has 0 saturated carbocycles. The number of hydrogen-bond donors (Lipinski definition) is 1. The van der Waals surface area contributed by atoms with Crippen LogP contribution in [0, 0.1) is 6.92 Å². The SMILES string of the molecule is COc1ccc(CCc2cc(C)c(C(=O)Nc3cccnc3N(C)C)c(=O)o2)cc1. The van der Waals surface area contributed by atoms with E-state index in [1.807, 2.05) is 38.4 Å². The number of amides is 1. The van der Waals surface area contributed by atoms with Crippen molar-refractivity contribution in [1.29, 1.82) is 0 Å². The van der Waals surface area contributed by atoms with Gasteiger partial charge in [0.1, 0.15) is 17.1 Å². The van der Waals surface area contributed by atoms with Crippen molar-refractivity contribution in [3.05, 3.63) is 81.5 Å². The molecule has 1 aromatic carbocycles. The number of aryl methyl sites for hydroxylation is 3. The average molecular weight is 407 g/mol. The molecule has 2 aromatic heterocycles. The Hall–Kier alpha value is -3.61. The smallest absolute Gasteiger partial charge is 0.349 e. The van der Waals surface area contributed by atoms with Crippen molar-refractivity contribution in [2.45, 2.75) is 19.8 Å². The van der Waals surface area contributed by atoms with Gasteiger partial charge in [0.2, 0.25) is 0 Å². The number of anilines is 2. The minimum Gasteiger partial charge on any atom is -0.497 e. The highest BCUT2D eigenvalue weighted by Crippen LogP contribution is 2.21. The molecule has 1 amide bonds. The van der Waals surface area contributed by atoms with Gasteiger partial charge in [-0.2, -0.15) is 0 Å². The highest BCUT2D eigenvalue weighted by atomic mass is 16.5. The highest BCUT2D eigenvalue weighted by Gasteiger charge is 2.19. The maximum Gasteiger partial charge on any atom is 0.349 e. The summed E-state index contributed by atoms with van der Waals surface area (Å²) in [4.78, 5) is 31.3. The maximum absolute atomic E-state index is 12.8. The molecule has 0 unspecified atom stereocenters. The molecule has 3 aromatic rings. The van der Waals surface area contributed by atoms with Crippen LogP contribution < -0.4 is 20.6 Å². The summed E-state index contributed by atoms with van der Waals surface area (Å²) in [6, 6.07) is 12.9. The van der Waals surface area contributed by atoms with E-state index in [0.717, 1.165) is 11.3 Å². The number of ether oxygens (including phenoxy) is 1. The lowest BCUT2D eigenvalue weighted by atomic mass is 10.1. The zero-order chi connectivity index (χ0) is 21.7. The Kier molecular flexibility index (Phi) is 6.51. The van der Waals surface area contributed by atoms with Gasteiger partial charge < -0.3 is 19.4 Å². The van der Waals surface area contributed by atoms with E-state index < -0.39 is 11.5 Å². The first-order valence-corrected chi connectivity index (χ1v) is 9.59. The zero-order valence-electron chi connectivity index (χ0n) is 17.6. The molecule has 156 valence electrons. The Bertz CT molecular complexity index is 1090. The van der Waals surface area contributed by atoms with Crippen LogP contribution in [0.25, 0.3) is 0 Å². The number of pyridine rings is 1. The lowest BCUT2D eigenvalue weighted by Gasteiger charge is -2.16. The van der Waals surface area contributed by atoms with Gasteiger partial charge in [-0.25, -0.2) is 9.78 Å². The van der Waals surface area contributed by atoms with Crippen LogP contribution in [0.5, 0.6) is 5.75 Å². The van der Waals surface area contributed by atoms with Crippen LogP contribution in [-0.2, 0) is 12.8 Å². The highest BCUT2D eigenvalue weighted by molar-refractivity contribution is 6.06. The average Bonchev–Trinajstić information content (AvgIpc) is 2.72. The summed E-state index contributed by atoms with van der Waals surface area (Å²) in [5, 5.41) is 2.76. The van der Waals surface area contributed by atoms with E-state index in [2.05, 4.69) is 10.3 Å². The molecule has 0 atom stereocenters. The van der Waals surface area contributed by atoms with Crippen LogP contribution in [0.3, 0.4) is 0 Å². The van der Waals surface area contributed by atoms with Crippen molar-refractivity contribution in [2.24, 2.45) is 0 Å². The van der Waals surface area contributed by atoms with Crippen LogP contribution in [0.15, 0.2) is 57.9 Å². The summed E-state index contributed by atoms with van der Waals surface area (Å²) >= 11 is 0. The lowest BCUT2D eigenvalue weighted by molar-refractivity contribution is 0.102. The van der Waals surface area contributed by atoms with Gasteiger partial charge in [0.25, 0.3) is 5.91 Å². The van der Waals surface area contributed by atoms with Gasteiger partial charge in [-0.05, 0) is 54.8 Å². The third kappa shape index (κ3) is 4.86. The van der Waals surface area contributed by atoms with Gasteiger partial charge in [-0.15, -0.1) is 0 Å². The molecule has 0 radical (unpaired) electrons. The van der Waals surface area contributed by atoms with Gasteiger partial charge in [-0.1, -0.05) is 12.1 Å². The first-order valence-electron chi connectivity index (χ1n) is 9.59. The van der Waals surface area contributed by atoms with Crippen molar-refractivity contribution >= 4 is 17.4 Å². The number of carbonyl (C=O) groups is 1. The van der Waals surface area contributed by atoms with Crippen molar-refractivity contribution in [2.75, 3.05) is 31.4 Å². The zero-order valence-corrected chi connectivity index (χ0v) is 17.6. The molecule has 7 nitrogen and oxygen atoms in total. The summed E-state index contributed by atoms with van der Waals surface area (Å²) in [7, 11) is 5.28. The molecule has 30 heavy (non-hydrogen) atoms. The van der Waals surface area contributed by atoms with Gasteiger partial charge in [0.15, 0.2) is 5.82 Å². The van der Waals surface area contributed by atoms with Crippen molar-refractivity contribution in [3.8, 4) is 5.75 Å². The second-order valence-electron chi connectivity index (χ2n) is 7.13. The van der Waals surface area contributed by atoms with Crippen LogP contribution >= 0.6 is 0 Å². The number of rotatable bonds is 7. The monoisotopic (exact) mass is 407 g/mol. The van der Waals surface area contributed by atoms with Crippen LogP contribution in [0.2, 0.25) is 0 Å². The van der Waals surface area contributed by atoms with Crippen LogP contribution in [0.4, 0.5) is 11.5 Å². The molecule has 0 bridgehead atoms. The number of nitrogens with zero attached hydrogens (tertiary/aromatic N) is 2. The molecular formula is C23H25N3O4. The van der Waals surface area contributed by atoms with E-state index in [1.54, 1.807) is 43.3 Å². The Labute approximate surface area is 175 Å².